The van der Waals surface area contributed by atoms with Crippen LogP contribution in [0.15, 0.2) is 84.8 Å². The lowest BCUT2D eigenvalue weighted by molar-refractivity contribution is -0.136. The molecule has 7 heteroatoms. The van der Waals surface area contributed by atoms with E-state index in [0.29, 0.717) is 29.4 Å². The Hall–Kier alpha value is -4.70. The van der Waals surface area contributed by atoms with E-state index in [9.17, 15) is 10.1 Å². The molecule has 1 atom stereocenters. The maximum absolute atomic E-state index is 12.4. The molecule has 0 saturated carbocycles. The third-order valence-electron chi connectivity index (χ3n) is 5.90. The summed E-state index contributed by atoms with van der Waals surface area (Å²) in [4.78, 5) is 12.4. The van der Waals surface area contributed by atoms with Gasteiger partial charge in [0, 0.05) is 11.6 Å². The normalized spacial score (nSPS) is 14.2. The zero-order valence-corrected chi connectivity index (χ0v) is 20.1. The maximum atomic E-state index is 12.4. The van der Waals surface area contributed by atoms with Crippen molar-refractivity contribution in [3.8, 4) is 29.1 Å². The quantitative estimate of drug-likeness (QED) is 0.272. The first-order valence-corrected chi connectivity index (χ1v) is 11.4. The van der Waals surface area contributed by atoms with Crippen LogP contribution in [0.4, 0.5) is 0 Å². The van der Waals surface area contributed by atoms with E-state index in [0.717, 1.165) is 22.3 Å². The molecule has 0 saturated heterocycles. The molecular formula is C29H26N2O5. The van der Waals surface area contributed by atoms with Gasteiger partial charge in [-0.1, -0.05) is 43.0 Å². The molecule has 0 bridgehead atoms. The van der Waals surface area contributed by atoms with Gasteiger partial charge in [0.1, 0.15) is 41.2 Å². The number of hydrogen-bond donors (Lipinski definition) is 1. The van der Waals surface area contributed by atoms with E-state index >= 15 is 0 Å². The average Bonchev–Trinajstić information content (AvgIpc) is 2.87. The van der Waals surface area contributed by atoms with Crippen molar-refractivity contribution in [3.05, 3.63) is 107 Å². The van der Waals surface area contributed by atoms with Crippen molar-refractivity contribution in [2.45, 2.75) is 19.8 Å². The number of carbonyl (C=O) groups excluding carboxylic acids is 1. The van der Waals surface area contributed by atoms with Gasteiger partial charge in [-0.25, -0.2) is 4.79 Å². The molecule has 4 rings (SSSR count). The van der Waals surface area contributed by atoms with Gasteiger partial charge < -0.3 is 24.7 Å². The van der Waals surface area contributed by atoms with Crippen molar-refractivity contribution in [1.82, 2.24) is 0 Å². The van der Waals surface area contributed by atoms with E-state index < -0.39 is 11.9 Å². The Bertz CT molecular complexity index is 1370. The third kappa shape index (κ3) is 5.18. The molecule has 0 fully saturated rings. The van der Waals surface area contributed by atoms with Crippen molar-refractivity contribution < 1.29 is 23.7 Å². The van der Waals surface area contributed by atoms with Crippen molar-refractivity contribution in [2.75, 3.05) is 13.2 Å². The Balaban J connectivity index is 1.53. The molecule has 1 aliphatic heterocycles. The Kier molecular flexibility index (Phi) is 7.26. The average molecular weight is 483 g/mol. The second-order valence-corrected chi connectivity index (χ2v) is 8.25. The number of aryl methyl sites for hydroxylation is 1. The highest BCUT2D eigenvalue weighted by Gasteiger charge is 2.31. The van der Waals surface area contributed by atoms with Gasteiger partial charge in [0.05, 0.1) is 5.92 Å². The number of carbonyl (C=O) groups is 1. The molecule has 0 aromatic heterocycles. The van der Waals surface area contributed by atoms with Crippen LogP contribution in [0.2, 0.25) is 0 Å². The third-order valence-corrected chi connectivity index (χ3v) is 5.90. The highest BCUT2D eigenvalue weighted by atomic mass is 16.6. The Morgan fingerprint density at radius 3 is 2.58 bits per heavy atom. The minimum atomic E-state index is -0.556. The topological polar surface area (TPSA) is 104 Å². The van der Waals surface area contributed by atoms with E-state index in [2.05, 4.69) is 12.6 Å². The fraction of sp³-hybridized carbons (Fsp3) is 0.172. The van der Waals surface area contributed by atoms with Crippen LogP contribution < -0.4 is 24.7 Å². The van der Waals surface area contributed by atoms with Gasteiger partial charge in [0.15, 0.2) is 6.61 Å². The maximum Gasteiger partial charge on any atom is 0.349 e. The van der Waals surface area contributed by atoms with Crippen LogP contribution >= 0.6 is 0 Å². The van der Waals surface area contributed by atoms with Crippen LogP contribution in [0, 0.1) is 25.2 Å². The van der Waals surface area contributed by atoms with Crippen LogP contribution in [0.5, 0.6) is 23.0 Å². The monoisotopic (exact) mass is 482 g/mol. The Morgan fingerprint density at radius 1 is 1.11 bits per heavy atom. The van der Waals surface area contributed by atoms with E-state index in [-0.39, 0.29) is 18.2 Å². The molecule has 1 unspecified atom stereocenters. The van der Waals surface area contributed by atoms with Gasteiger partial charge in [-0.3, -0.25) is 0 Å². The van der Waals surface area contributed by atoms with Crippen LogP contribution in [0.3, 0.4) is 0 Å². The van der Waals surface area contributed by atoms with Gasteiger partial charge in [-0.05, 0) is 54.8 Å². The van der Waals surface area contributed by atoms with Crippen molar-refractivity contribution in [2.24, 2.45) is 5.73 Å². The summed E-state index contributed by atoms with van der Waals surface area (Å²) < 4.78 is 22.4. The number of hydrogen-bond acceptors (Lipinski definition) is 7. The summed E-state index contributed by atoms with van der Waals surface area (Å²) in [5.41, 5.74) is 10.0. The number of nitriles is 1. The zero-order chi connectivity index (χ0) is 25.7. The lowest BCUT2D eigenvalue weighted by atomic mass is 9.83. The fourth-order valence-corrected chi connectivity index (χ4v) is 3.93. The predicted octanol–water partition coefficient (Wildman–Crippen LogP) is 5.07. The molecule has 1 heterocycles. The van der Waals surface area contributed by atoms with Crippen LogP contribution in [-0.2, 0) is 4.79 Å². The minimum absolute atomic E-state index is 0.00344. The molecule has 0 radical (unpaired) electrons. The SMILES string of the molecule is C=CCOc1ccc(C2C(C#N)=C(N)Oc3cc(OC(=O)COc4cccc(C)c4C)ccc32)cc1. The van der Waals surface area contributed by atoms with E-state index in [4.69, 9.17) is 24.7 Å². The van der Waals surface area contributed by atoms with Crippen molar-refractivity contribution in [3.63, 3.8) is 0 Å². The fourth-order valence-electron chi connectivity index (χ4n) is 3.93. The molecule has 0 spiro atoms. The minimum Gasteiger partial charge on any atom is -0.490 e. The number of nitrogens with two attached hydrogens (primary N) is 1. The van der Waals surface area contributed by atoms with Gasteiger partial charge in [-0.15, -0.1) is 0 Å². The Labute approximate surface area is 210 Å². The molecular weight excluding hydrogens is 456 g/mol. The molecule has 182 valence electrons. The first kappa shape index (κ1) is 24.4. The molecule has 3 aromatic rings. The first-order chi connectivity index (χ1) is 17.4. The summed E-state index contributed by atoms with van der Waals surface area (Å²) in [5, 5.41) is 9.77. The summed E-state index contributed by atoms with van der Waals surface area (Å²) in [7, 11) is 0. The van der Waals surface area contributed by atoms with Gasteiger partial charge in [-0.2, -0.15) is 5.26 Å². The standard InChI is InChI=1S/C29H26N2O5/c1-4-14-33-21-10-8-20(9-11-21)28-23-13-12-22(15-26(23)36-29(31)24(28)16-30)35-27(32)17-34-25-7-5-6-18(2)19(25)3/h4-13,15,28H,1,14,17,31H2,2-3H3. The van der Waals surface area contributed by atoms with E-state index in [1.165, 1.54) is 0 Å². The van der Waals surface area contributed by atoms with Gasteiger partial charge >= 0.3 is 5.97 Å². The molecule has 1 aliphatic rings. The lowest BCUT2D eigenvalue weighted by Gasteiger charge is -2.26. The number of allylic oxidation sites excluding steroid dienone is 1. The summed E-state index contributed by atoms with van der Waals surface area (Å²) in [5.74, 6) is 1.01. The summed E-state index contributed by atoms with van der Waals surface area (Å²) in [6, 6.07) is 20.2. The number of nitrogens with zero attached hydrogens (tertiary/aromatic N) is 1. The second-order valence-electron chi connectivity index (χ2n) is 8.25. The molecule has 3 aromatic carbocycles. The second kappa shape index (κ2) is 10.7. The van der Waals surface area contributed by atoms with Gasteiger partial charge in [0.2, 0.25) is 5.88 Å². The zero-order valence-electron chi connectivity index (χ0n) is 20.1. The molecule has 7 nitrogen and oxygen atoms in total. The van der Waals surface area contributed by atoms with E-state index in [1.807, 2.05) is 56.3 Å². The highest BCUT2D eigenvalue weighted by molar-refractivity contribution is 5.74. The molecule has 2 N–H and O–H groups in total. The first-order valence-electron chi connectivity index (χ1n) is 11.4. The summed E-state index contributed by atoms with van der Waals surface area (Å²) in [6.07, 6.45) is 1.67. The number of benzene rings is 3. The summed E-state index contributed by atoms with van der Waals surface area (Å²) >= 11 is 0. The van der Waals surface area contributed by atoms with Crippen molar-refractivity contribution in [1.29, 1.82) is 5.26 Å². The smallest absolute Gasteiger partial charge is 0.349 e. The van der Waals surface area contributed by atoms with Crippen molar-refractivity contribution >= 4 is 5.97 Å². The summed E-state index contributed by atoms with van der Waals surface area (Å²) in [6.45, 7) is 7.70. The van der Waals surface area contributed by atoms with E-state index in [1.54, 1.807) is 24.3 Å². The number of esters is 1. The van der Waals surface area contributed by atoms with Crippen LogP contribution in [0.1, 0.15) is 28.2 Å². The van der Waals surface area contributed by atoms with Gasteiger partial charge in [0.25, 0.3) is 0 Å². The largest absolute Gasteiger partial charge is 0.490 e. The molecule has 0 amide bonds. The Morgan fingerprint density at radius 2 is 1.86 bits per heavy atom. The lowest BCUT2D eigenvalue weighted by Crippen LogP contribution is -2.21. The number of ether oxygens (including phenoxy) is 4. The molecule has 0 aliphatic carbocycles. The highest BCUT2D eigenvalue weighted by Crippen LogP contribution is 2.43. The number of fused-ring (bicyclic) bond motifs is 1. The molecule has 36 heavy (non-hydrogen) atoms. The van der Waals surface area contributed by atoms with Crippen LogP contribution in [-0.4, -0.2) is 19.2 Å². The van der Waals surface area contributed by atoms with Crippen LogP contribution in [0.25, 0.3) is 0 Å². The predicted molar refractivity (Wildman–Crippen MR) is 135 cm³/mol. The number of rotatable bonds is 8.